The van der Waals surface area contributed by atoms with Gasteiger partial charge in [-0.25, -0.2) is 0 Å². The molecule has 0 unspecified atom stereocenters. The van der Waals surface area contributed by atoms with Gasteiger partial charge in [-0.3, -0.25) is 0 Å². The topological polar surface area (TPSA) is 28.5 Å². The van der Waals surface area contributed by atoms with E-state index in [-0.39, 0.29) is 106 Å². The largest absolute Gasteiger partial charge is 5.00 e. The molecular formula is LaLiOSnTa+11. The van der Waals surface area contributed by atoms with Crippen molar-refractivity contribution in [1.29, 1.82) is 0 Å². The van der Waals surface area contributed by atoms with E-state index in [0.29, 0.717) is 0 Å². The molecular weight excluding hydrogens is 462 g/mol. The van der Waals surface area contributed by atoms with Crippen LogP contribution in [0.4, 0.5) is 0 Å². The molecule has 0 aliphatic heterocycles. The van der Waals surface area contributed by atoms with Gasteiger partial charge in [0.15, 0.2) is 0 Å². The Bertz CT molecular complexity index is 11.6. The number of rotatable bonds is 0. The maximum Gasteiger partial charge on any atom is 5.00 e. The van der Waals surface area contributed by atoms with Crippen LogP contribution in [-0.2, 0) is 27.9 Å². The summed E-state index contributed by atoms with van der Waals surface area (Å²) in [6, 6.07) is 0. The summed E-state index contributed by atoms with van der Waals surface area (Å²) >= 11 is 0. The van der Waals surface area contributed by atoms with Gasteiger partial charge in [-0.2, -0.15) is 0 Å². The summed E-state index contributed by atoms with van der Waals surface area (Å²) in [6.07, 6.45) is 0. The molecule has 5 heavy (non-hydrogen) atoms. The average molecular weight is 462 g/mol. The standard InChI is InChI=1S/La.Li.O.Sn.Ta/q+3;+1;-2;+4;+5. The van der Waals surface area contributed by atoms with E-state index in [1.807, 2.05) is 0 Å². The van der Waals surface area contributed by atoms with Crippen molar-refractivity contribution in [2.45, 2.75) is 0 Å². The van der Waals surface area contributed by atoms with Crippen LogP contribution < -0.4 is 18.9 Å². The Labute approximate surface area is 104 Å². The third kappa shape index (κ3) is 18.8. The number of hydrogen-bond acceptors (Lipinski definition) is 0. The third-order valence-electron chi connectivity index (χ3n) is 0. The molecule has 0 spiro atoms. The monoisotopic (exact) mass is 463 g/mol. The van der Waals surface area contributed by atoms with Crippen LogP contribution >= 0.6 is 0 Å². The fourth-order valence-corrected chi connectivity index (χ4v) is 0. The minimum Gasteiger partial charge on any atom is -2.00 e. The van der Waals surface area contributed by atoms with E-state index >= 15 is 0 Å². The van der Waals surface area contributed by atoms with E-state index in [0.717, 1.165) is 0 Å². The average Bonchev–Trinajstić information content (AvgIpc) is 0. The normalized spacial score (nSPS) is 0. The van der Waals surface area contributed by atoms with Crippen molar-refractivity contribution in [1.82, 2.24) is 0 Å². The smallest absolute Gasteiger partial charge is 2.00 e. The van der Waals surface area contributed by atoms with Gasteiger partial charge in [0.25, 0.3) is 0 Å². The summed E-state index contributed by atoms with van der Waals surface area (Å²) in [7, 11) is 0. The molecule has 0 aromatic heterocycles. The minimum absolute atomic E-state index is 0. The quantitative estimate of drug-likeness (QED) is 0.335. The van der Waals surface area contributed by atoms with Crippen molar-refractivity contribution >= 4 is 23.9 Å². The first-order valence-electron chi connectivity index (χ1n) is 0. The molecule has 0 fully saturated rings. The first-order valence-corrected chi connectivity index (χ1v) is 0. The first kappa shape index (κ1) is 40.7. The fraction of sp³-hybridized carbons (Fsp3) is 0. The SMILES string of the molecule is [La+3].[Li+].[O-2].[Sn+4].[Ta+5]. The van der Waals surface area contributed by atoms with Gasteiger partial charge in [-0.15, -0.1) is 0 Å². The molecule has 0 amide bonds. The molecule has 0 radical (unpaired) electrons. The summed E-state index contributed by atoms with van der Waals surface area (Å²) in [5.74, 6) is 0. The van der Waals surface area contributed by atoms with Crippen LogP contribution in [0.1, 0.15) is 0 Å². The van der Waals surface area contributed by atoms with Crippen LogP contribution in [0.5, 0.6) is 0 Å². The molecule has 0 aromatic rings. The van der Waals surface area contributed by atoms with Crippen molar-refractivity contribution < 1.29 is 82.3 Å². The molecule has 0 atom stereocenters. The first-order chi connectivity index (χ1) is 0. The molecule has 0 saturated heterocycles. The van der Waals surface area contributed by atoms with Gasteiger partial charge in [-0.05, 0) is 0 Å². The molecule has 0 N–H and O–H groups in total. The van der Waals surface area contributed by atoms with Crippen molar-refractivity contribution in [3.05, 3.63) is 0 Å². The second-order valence-electron chi connectivity index (χ2n) is 0. The Balaban J connectivity index is 0. The zero-order valence-electron chi connectivity index (χ0n) is 2.93. The summed E-state index contributed by atoms with van der Waals surface area (Å²) in [4.78, 5) is 0. The van der Waals surface area contributed by atoms with Crippen molar-refractivity contribution in [3.63, 3.8) is 0 Å². The van der Waals surface area contributed by atoms with Gasteiger partial charge >= 0.3 is 101 Å². The Hall–Kier alpha value is 3.29. The molecule has 0 heterocycles. The second-order valence-corrected chi connectivity index (χ2v) is 0. The summed E-state index contributed by atoms with van der Waals surface area (Å²) in [6.45, 7) is 0. The van der Waals surface area contributed by atoms with Gasteiger partial charge in [0.05, 0.1) is 0 Å². The molecule has 0 bridgehead atoms. The molecule has 5 heteroatoms. The summed E-state index contributed by atoms with van der Waals surface area (Å²) in [5, 5.41) is 0. The Morgan fingerprint density at radius 3 is 1.00 bits per heavy atom. The van der Waals surface area contributed by atoms with Gasteiger partial charge in [0.2, 0.25) is 0 Å². The summed E-state index contributed by atoms with van der Waals surface area (Å²) in [5.41, 5.74) is 0. The number of hydrogen-bond donors (Lipinski definition) is 0. The van der Waals surface area contributed by atoms with Crippen LogP contribution in [0.2, 0.25) is 0 Å². The van der Waals surface area contributed by atoms with E-state index in [2.05, 4.69) is 0 Å². The van der Waals surface area contributed by atoms with Crippen LogP contribution in [0.15, 0.2) is 0 Å². The second kappa shape index (κ2) is 26.6. The van der Waals surface area contributed by atoms with Gasteiger partial charge in [-0.1, -0.05) is 0 Å². The maximum atomic E-state index is 0. The van der Waals surface area contributed by atoms with Crippen LogP contribution in [0.25, 0.3) is 0 Å². The van der Waals surface area contributed by atoms with E-state index in [1.165, 1.54) is 0 Å². The zero-order chi connectivity index (χ0) is 0. The van der Waals surface area contributed by atoms with Gasteiger partial charge in [0.1, 0.15) is 0 Å². The molecule has 0 aliphatic rings. The van der Waals surface area contributed by atoms with Crippen molar-refractivity contribution in [2.75, 3.05) is 0 Å². The third-order valence-corrected chi connectivity index (χ3v) is 0. The van der Waals surface area contributed by atoms with Crippen LogP contribution in [0, 0.1) is 35.6 Å². The van der Waals surface area contributed by atoms with Gasteiger partial charge < -0.3 is 5.48 Å². The molecule has 0 aliphatic carbocycles. The molecule has 0 aromatic carbocycles. The Kier molecular flexibility index (Phi) is 217. The predicted molar refractivity (Wildman–Crippen MR) is 6.44 cm³/mol. The Morgan fingerprint density at radius 1 is 1.00 bits per heavy atom. The predicted octanol–water partition coefficient (Wildman–Crippen LogP) is -3.50. The zero-order valence-corrected chi connectivity index (χ0v) is 12.6. The molecule has 0 saturated carbocycles. The van der Waals surface area contributed by atoms with Crippen molar-refractivity contribution in [3.8, 4) is 0 Å². The van der Waals surface area contributed by atoms with E-state index in [9.17, 15) is 0 Å². The molecule has 0 rings (SSSR count). The summed E-state index contributed by atoms with van der Waals surface area (Å²) < 4.78 is 0. The van der Waals surface area contributed by atoms with Crippen LogP contribution in [-0.4, -0.2) is 23.9 Å². The van der Waals surface area contributed by atoms with Crippen LogP contribution in [0.3, 0.4) is 0 Å². The van der Waals surface area contributed by atoms with E-state index in [4.69, 9.17) is 0 Å². The van der Waals surface area contributed by atoms with E-state index in [1.54, 1.807) is 0 Å². The molecule has 1 nitrogen and oxygen atoms in total. The van der Waals surface area contributed by atoms with E-state index < -0.39 is 0 Å². The fourth-order valence-electron chi connectivity index (χ4n) is 0. The van der Waals surface area contributed by atoms with Gasteiger partial charge in [0, 0.05) is 0 Å². The minimum atomic E-state index is 0. The molecule has 8 valence electrons. The Morgan fingerprint density at radius 2 is 1.00 bits per heavy atom. The van der Waals surface area contributed by atoms with Crippen molar-refractivity contribution in [2.24, 2.45) is 0 Å². The maximum absolute atomic E-state index is 0.